The first-order chi connectivity index (χ1) is 10.5. The van der Waals surface area contributed by atoms with Crippen LogP contribution in [0.25, 0.3) is 10.9 Å². The molecule has 1 aromatic heterocycles. The van der Waals surface area contributed by atoms with Crippen LogP contribution in [-0.2, 0) is 0 Å². The number of nitrogens with one attached hydrogen (secondary N) is 1. The highest BCUT2D eigenvalue weighted by Crippen LogP contribution is 2.27. The minimum atomic E-state index is -0.582. The number of ketones is 1. The molecule has 0 aliphatic carbocycles. The topological polar surface area (TPSA) is 70.2 Å². The molecule has 0 radical (unpaired) electrons. The van der Waals surface area contributed by atoms with Crippen molar-refractivity contribution in [3.8, 4) is 5.75 Å². The third-order valence-corrected chi connectivity index (χ3v) is 3.75. The molecule has 4 nitrogen and oxygen atoms in total. The first kappa shape index (κ1) is 14.1. The zero-order valence-corrected chi connectivity index (χ0v) is 12.3. The maximum Gasteiger partial charge on any atom is 0.263 e. The van der Waals surface area contributed by atoms with Crippen LogP contribution >= 0.6 is 0 Å². The predicted molar refractivity (Wildman–Crippen MR) is 85.6 cm³/mol. The van der Waals surface area contributed by atoms with E-state index in [4.69, 9.17) is 0 Å². The number of fused-ring (bicyclic) bond motifs is 1. The van der Waals surface area contributed by atoms with Crippen LogP contribution in [0.15, 0.2) is 47.3 Å². The number of aromatic hydroxyl groups is 1. The van der Waals surface area contributed by atoms with E-state index in [1.807, 2.05) is 26.0 Å². The van der Waals surface area contributed by atoms with Crippen molar-refractivity contribution in [3.05, 3.63) is 75.1 Å². The van der Waals surface area contributed by atoms with Crippen LogP contribution in [0.2, 0.25) is 0 Å². The van der Waals surface area contributed by atoms with Crippen molar-refractivity contribution in [2.24, 2.45) is 0 Å². The van der Waals surface area contributed by atoms with Crippen molar-refractivity contribution >= 4 is 16.7 Å². The average molecular weight is 293 g/mol. The third kappa shape index (κ3) is 2.19. The van der Waals surface area contributed by atoms with Gasteiger partial charge in [-0.05, 0) is 31.5 Å². The molecule has 110 valence electrons. The van der Waals surface area contributed by atoms with Crippen molar-refractivity contribution < 1.29 is 9.90 Å². The van der Waals surface area contributed by atoms with Gasteiger partial charge in [0.05, 0.1) is 5.52 Å². The molecule has 22 heavy (non-hydrogen) atoms. The number of H-pyrrole nitrogens is 1. The van der Waals surface area contributed by atoms with Gasteiger partial charge >= 0.3 is 0 Å². The van der Waals surface area contributed by atoms with E-state index in [1.165, 1.54) is 0 Å². The van der Waals surface area contributed by atoms with Gasteiger partial charge in [0.15, 0.2) is 0 Å². The summed E-state index contributed by atoms with van der Waals surface area (Å²) in [6, 6.07) is 12.2. The van der Waals surface area contributed by atoms with Gasteiger partial charge in [-0.1, -0.05) is 35.9 Å². The monoisotopic (exact) mass is 293 g/mol. The van der Waals surface area contributed by atoms with E-state index in [-0.39, 0.29) is 11.3 Å². The van der Waals surface area contributed by atoms with Gasteiger partial charge in [0.2, 0.25) is 5.78 Å². The standard InChI is InChI=1S/C18H15NO3/c1-10-7-8-12(11(2)9-10)16(20)15-17(21)13-5-3-4-6-14(13)19-18(15)22/h3-9H,1-2H3,(H2,19,21,22). The molecule has 3 aromatic rings. The second kappa shape index (κ2) is 5.15. The number of benzene rings is 2. The smallest absolute Gasteiger partial charge is 0.263 e. The van der Waals surface area contributed by atoms with Gasteiger partial charge in [0, 0.05) is 10.9 Å². The molecule has 2 aromatic carbocycles. The maximum absolute atomic E-state index is 12.7. The van der Waals surface area contributed by atoms with Gasteiger partial charge in [-0.15, -0.1) is 0 Å². The Kier molecular flexibility index (Phi) is 3.29. The number of pyridine rings is 1. The Morgan fingerprint density at radius 2 is 1.82 bits per heavy atom. The molecule has 3 rings (SSSR count). The van der Waals surface area contributed by atoms with E-state index in [1.54, 1.807) is 30.3 Å². The van der Waals surface area contributed by atoms with Gasteiger partial charge in [-0.2, -0.15) is 0 Å². The SMILES string of the molecule is Cc1ccc(C(=O)c2c(O)c3ccccc3[nH]c2=O)c(C)c1. The highest BCUT2D eigenvalue weighted by atomic mass is 16.3. The normalized spacial score (nSPS) is 10.8. The van der Waals surface area contributed by atoms with Crippen molar-refractivity contribution in [1.29, 1.82) is 0 Å². The largest absolute Gasteiger partial charge is 0.506 e. The van der Waals surface area contributed by atoms with Crippen LogP contribution in [0.4, 0.5) is 0 Å². The first-order valence-corrected chi connectivity index (χ1v) is 6.95. The summed E-state index contributed by atoms with van der Waals surface area (Å²) in [5.74, 6) is -0.744. The summed E-state index contributed by atoms with van der Waals surface area (Å²) in [6.45, 7) is 3.74. The third-order valence-electron chi connectivity index (χ3n) is 3.75. The Morgan fingerprint density at radius 3 is 2.55 bits per heavy atom. The number of hydrogen-bond acceptors (Lipinski definition) is 3. The Balaban J connectivity index is 2.25. The lowest BCUT2D eigenvalue weighted by atomic mass is 9.97. The zero-order chi connectivity index (χ0) is 15.9. The fraction of sp³-hybridized carbons (Fsp3) is 0.111. The van der Waals surface area contributed by atoms with Gasteiger partial charge in [0.1, 0.15) is 11.3 Å². The lowest BCUT2D eigenvalue weighted by Crippen LogP contribution is -2.19. The van der Waals surface area contributed by atoms with E-state index in [0.717, 1.165) is 11.1 Å². The van der Waals surface area contributed by atoms with E-state index >= 15 is 0 Å². The molecule has 0 bridgehead atoms. The second-order valence-corrected chi connectivity index (χ2v) is 5.37. The van der Waals surface area contributed by atoms with Crippen LogP contribution in [0, 0.1) is 13.8 Å². The van der Waals surface area contributed by atoms with Crippen molar-refractivity contribution in [3.63, 3.8) is 0 Å². The highest BCUT2D eigenvalue weighted by Gasteiger charge is 2.21. The Hall–Kier alpha value is -2.88. The average Bonchev–Trinajstić information content (AvgIpc) is 2.47. The van der Waals surface area contributed by atoms with Gasteiger partial charge < -0.3 is 10.1 Å². The minimum Gasteiger partial charge on any atom is -0.506 e. The van der Waals surface area contributed by atoms with Crippen LogP contribution in [0.1, 0.15) is 27.0 Å². The summed E-state index contributed by atoms with van der Waals surface area (Å²) in [6.07, 6.45) is 0. The molecule has 2 N–H and O–H groups in total. The summed E-state index contributed by atoms with van der Waals surface area (Å²) in [5, 5.41) is 10.8. The molecule has 1 heterocycles. The summed E-state index contributed by atoms with van der Waals surface area (Å²) in [4.78, 5) is 27.5. The fourth-order valence-electron chi connectivity index (χ4n) is 2.64. The molecule has 0 spiro atoms. The van der Waals surface area contributed by atoms with Crippen LogP contribution in [-0.4, -0.2) is 15.9 Å². The molecule has 0 unspecified atom stereocenters. The Morgan fingerprint density at radius 1 is 1.09 bits per heavy atom. The summed E-state index contributed by atoms with van der Waals surface area (Å²) in [7, 11) is 0. The number of carbonyl (C=O) groups is 1. The zero-order valence-electron chi connectivity index (χ0n) is 12.3. The number of aromatic nitrogens is 1. The lowest BCUT2D eigenvalue weighted by Gasteiger charge is -2.09. The van der Waals surface area contributed by atoms with Gasteiger partial charge in [-0.3, -0.25) is 9.59 Å². The molecule has 0 saturated carbocycles. The van der Waals surface area contributed by atoms with E-state index in [2.05, 4.69) is 4.98 Å². The summed E-state index contributed by atoms with van der Waals surface area (Å²) < 4.78 is 0. The Bertz CT molecular complexity index is 954. The lowest BCUT2D eigenvalue weighted by molar-refractivity contribution is 0.103. The Labute approximate surface area is 127 Å². The second-order valence-electron chi connectivity index (χ2n) is 5.37. The number of hydrogen-bond donors (Lipinski definition) is 2. The van der Waals surface area contributed by atoms with E-state index in [9.17, 15) is 14.7 Å². The number of aryl methyl sites for hydroxylation is 2. The number of aromatic amines is 1. The minimum absolute atomic E-state index is 0.217. The first-order valence-electron chi connectivity index (χ1n) is 6.95. The molecule has 0 aliphatic heterocycles. The highest BCUT2D eigenvalue weighted by molar-refractivity contribution is 6.13. The molecular weight excluding hydrogens is 278 g/mol. The number of rotatable bonds is 2. The predicted octanol–water partition coefficient (Wildman–Crippen LogP) is 3.08. The summed E-state index contributed by atoms with van der Waals surface area (Å²) >= 11 is 0. The molecule has 0 aliphatic rings. The van der Waals surface area contributed by atoms with E-state index in [0.29, 0.717) is 16.5 Å². The van der Waals surface area contributed by atoms with E-state index < -0.39 is 11.3 Å². The van der Waals surface area contributed by atoms with Gasteiger partial charge in [0.25, 0.3) is 5.56 Å². The van der Waals surface area contributed by atoms with Crippen LogP contribution in [0.5, 0.6) is 5.75 Å². The van der Waals surface area contributed by atoms with Crippen molar-refractivity contribution in [2.75, 3.05) is 0 Å². The number of para-hydroxylation sites is 1. The van der Waals surface area contributed by atoms with Crippen LogP contribution < -0.4 is 5.56 Å². The van der Waals surface area contributed by atoms with Gasteiger partial charge in [-0.25, -0.2) is 0 Å². The number of carbonyl (C=O) groups excluding carboxylic acids is 1. The molecule has 0 amide bonds. The molecule has 0 atom stereocenters. The maximum atomic E-state index is 12.7. The van der Waals surface area contributed by atoms with Crippen molar-refractivity contribution in [2.45, 2.75) is 13.8 Å². The molecule has 4 heteroatoms. The molecular formula is C18H15NO3. The fourth-order valence-corrected chi connectivity index (χ4v) is 2.64. The molecule has 0 saturated heterocycles. The summed E-state index contributed by atoms with van der Waals surface area (Å²) in [5.41, 5.74) is 1.93. The quantitative estimate of drug-likeness (QED) is 0.713. The van der Waals surface area contributed by atoms with Crippen LogP contribution in [0.3, 0.4) is 0 Å². The molecule has 0 fully saturated rings. The van der Waals surface area contributed by atoms with Crippen molar-refractivity contribution in [1.82, 2.24) is 4.98 Å².